The molecule has 1 rings (SSSR count). The summed E-state index contributed by atoms with van der Waals surface area (Å²) in [5.74, 6) is 1.13. The lowest BCUT2D eigenvalue weighted by molar-refractivity contribution is 0.269. The molecular formula is C9H18N2O. The average Bonchev–Trinajstić information content (AvgIpc) is 2.56. The lowest BCUT2D eigenvalue weighted by Crippen LogP contribution is -2.33. The molecule has 1 atom stereocenters. The number of aliphatic hydroxyl groups is 1. The summed E-state index contributed by atoms with van der Waals surface area (Å²) < 4.78 is 0. The van der Waals surface area contributed by atoms with Crippen LogP contribution in [0.4, 0.5) is 0 Å². The van der Waals surface area contributed by atoms with Gasteiger partial charge >= 0.3 is 0 Å². The molecule has 0 aromatic heterocycles. The molecule has 0 aromatic rings. The monoisotopic (exact) mass is 170 g/mol. The number of hydrogen-bond acceptors (Lipinski definition) is 3. The van der Waals surface area contributed by atoms with E-state index in [9.17, 15) is 0 Å². The van der Waals surface area contributed by atoms with Gasteiger partial charge in [-0.2, -0.15) is 0 Å². The molecule has 0 radical (unpaired) electrons. The molecule has 3 heteroatoms. The number of aliphatic hydroxyl groups excluding tert-OH is 1. The minimum Gasteiger partial charge on any atom is -0.396 e. The van der Waals surface area contributed by atoms with Crippen molar-refractivity contribution in [3.8, 4) is 0 Å². The second-order valence-electron chi connectivity index (χ2n) is 3.19. The van der Waals surface area contributed by atoms with Gasteiger partial charge < -0.3 is 10.4 Å². The highest BCUT2D eigenvalue weighted by molar-refractivity contribution is 5.83. The van der Waals surface area contributed by atoms with Crippen LogP contribution in [0.1, 0.15) is 32.6 Å². The van der Waals surface area contributed by atoms with E-state index in [1.807, 2.05) is 0 Å². The van der Waals surface area contributed by atoms with Crippen molar-refractivity contribution in [2.75, 3.05) is 13.2 Å². The molecule has 0 saturated carbocycles. The average molecular weight is 170 g/mol. The fraction of sp³-hybridized carbons (Fsp3) is 0.889. The van der Waals surface area contributed by atoms with Crippen LogP contribution < -0.4 is 5.32 Å². The summed E-state index contributed by atoms with van der Waals surface area (Å²) in [6.07, 6.45) is 4.15. The van der Waals surface area contributed by atoms with Gasteiger partial charge in [-0.1, -0.05) is 6.92 Å². The summed E-state index contributed by atoms with van der Waals surface area (Å²) in [6, 6.07) is 0.409. The molecular weight excluding hydrogens is 152 g/mol. The summed E-state index contributed by atoms with van der Waals surface area (Å²) in [5, 5.41) is 12.1. The van der Waals surface area contributed by atoms with Crippen LogP contribution in [0, 0.1) is 0 Å². The summed E-state index contributed by atoms with van der Waals surface area (Å²) in [7, 11) is 0. The second-order valence-corrected chi connectivity index (χ2v) is 3.19. The predicted molar refractivity (Wildman–Crippen MR) is 50.5 cm³/mol. The topological polar surface area (TPSA) is 44.6 Å². The Morgan fingerprint density at radius 2 is 2.50 bits per heavy atom. The molecule has 0 aromatic carbocycles. The van der Waals surface area contributed by atoms with E-state index in [-0.39, 0.29) is 6.61 Å². The molecule has 1 aliphatic rings. The van der Waals surface area contributed by atoms with Crippen LogP contribution in [0.25, 0.3) is 0 Å². The third-order valence-electron chi connectivity index (χ3n) is 2.22. The highest BCUT2D eigenvalue weighted by Crippen LogP contribution is 2.04. The van der Waals surface area contributed by atoms with Crippen molar-refractivity contribution in [2.45, 2.75) is 38.6 Å². The third-order valence-corrected chi connectivity index (χ3v) is 2.22. The lowest BCUT2D eigenvalue weighted by atomic mass is 10.1. The Morgan fingerprint density at radius 1 is 1.67 bits per heavy atom. The first-order valence-electron chi connectivity index (χ1n) is 4.77. The summed E-state index contributed by atoms with van der Waals surface area (Å²) >= 11 is 0. The smallest absolute Gasteiger partial charge is 0.0965 e. The molecule has 0 spiro atoms. The number of hydrogen-bond donors (Lipinski definition) is 2. The molecule has 70 valence electrons. The van der Waals surface area contributed by atoms with E-state index in [1.165, 1.54) is 6.42 Å². The highest BCUT2D eigenvalue weighted by Gasteiger charge is 2.10. The van der Waals surface area contributed by atoms with E-state index in [2.05, 4.69) is 17.2 Å². The number of nitrogens with one attached hydrogen (secondary N) is 1. The maximum absolute atomic E-state index is 8.76. The van der Waals surface area contributed by atoms with E-state index in [0.717, 1.165) is 31.6 Å². The van der Waals surface area contributed by atoms with Crippen LogP contribution in [0.5, 0.6) is 0 Å². The third kappa shape index (κ3) is 2.81. The van der Waals surface area contributed by atoms with Crippen molar-refractivity contribution >= 4 is 5.84 Å². The van der Waals surface area contributed by atoms with Gasteiger partial charge in [0.05, 0.1) is 5.84 Å². The normalized spacial score (nSPS) is 19.0. The largest absolute Gasteiger partial charge is 0.396 e. The van der Waals surface area contributed by atoms with Crippen molar-refractivity contribution in [3.05, 3.63) is 0 Å². The van der Waals surface area contributed by atoms with Crippen molar-refractivity contribution in [3.63, 3.8) is 0 Å². The first-order valence-corrected chi connectivity index (χ1v) is 4.77. The van der Waals surface area contributed by atoms with Gasteiger partial charge in [-0.15, -0.1) is 0 Å². The molecule has 2 N–H and O–H groups in total. The van der Waals surface area contributed by atoms with Crippen molar-refractivity contribution in [1.29, 1.82) is 0 Å². The van der Waals surface area contributed by atoms with Gasteiger partial charge in [-0.3, -0.25) is 4.99 Å². The molecule has 0 bridgehead atoms. The van der Waals surface area contributed by atoms with E-state index in [0.29, 0.717) is 6.04 Å². The van der Waals surface area contributed by atoms with Crippen LogP contribution in [0.15, 0.2) is 4.99 Å². The number of rotatable bonds is 4. The quantitative estimate of drug-likeness (QED) is 0.659. The van der Waals surface area contributed by atoms with Crippen molar-refractivity contribution in [1.82, 2.24) is 5.32 Å². The molecule has 1 aliphatic heterocycles. The Bertz CT molecular complexity index is 157. The van der Waals surface area contributed by atoms with Crippen LogP contribution in [-0.4, -0.2) is 30.1 Å². The Kier molecular flexibility index (Phi) is 4.08. The summed E-state index contributed by atoms with van der Waals surface area (Å²) in [4.78, 5) is 4.33. The van der Waals surface area contributed by atoms with Gasteiger partial charge in [0.2, 0.25) is 0 Å². The number of aliphatic imine (C=N–C) groups is 1. The molecule has 0 saturated heterocycles. The maximum Gasteiger partial charge on any atom is 0.0965 e. The highest BCUT2D eigenvalue weighted by atomic mass is 16.3. The Hall–Kier alpha value is -0.570. The van der Waals surface area contributed by atoms with Gasteiger partial charge in [0, 0.05) is 25.6 Å². The van der Waals surface area contributed by atoms with E-state index < -0.39 is 0 Å². The molecule has 3 nitrogen and oxygen atoms in total. The van der Waals surface area contributed by atoms with Gasteiger partial charge in [-0.25, -0.2) is 0 Å². The van der Waals surface area contributed by atoms with Gasteiger partial charge in [0.15, 0.2) is 0 Å². The minimum absolute atomic E-state index is 0.263. The Balaban J connectivity index is 2.25. The fourth-order valence-corrected chi connectivity index (χ4v) is 1.43. The van der Waals surface area contributed by atoms with Crippen LogP contribution in [0.3, 0.4) is 0 Å². The van der Waals surface area contributed by atoms with Crippen LogP contribution in [-0.2, 0) is 0 Å². The first kappa shape index (κ1) is 9.52. The van der Waals surface area contributed by atoms with Gasteiger partial charge in [0.25, 0.3) is 0 Å². The Labute approximate surface area is 73.9 Å². The molecule has 1 heterocycles. The predicted octanol–water partition coefficient (Wildman–Crippen LogP) is 0.929. The molecule has 0 aliphatic carbocycles. The number of nitrogens with zero attached hydrogens (tertiary/aromatic N) is 1. The summed E-state index contributed by atoms with van der Waals surface area (Å²) in [6.45, 7) is 3.36. The zero-order valence-electron chi connectivity index (χ0n) is 7.71. The van der Waals surface area contributed by atoms with Crippen LogP contribution >= 0.6 is 0 Å². The Morgan fingerprint density at radius 3 is 3.00 bits per heavy atom. The maximum atomic E-state index is 8.76. The fourth-order valence-electron chi connectivity index (χ4n) is 1.43. The first-order chi connectivity index (χ1) is 5.86. The van der Waals surface area contributed by atoms with Crippen molar-refractivity contribution in [2.24, 2.45) is 4.99 Å². The number of amidine groups is 1. The molecule has 1 unspecified atom stereocenters. The zero-order chi connectivity index (χ0) is 8.81. The minimum atomic E-state index is 0.263. The van der Waals surface area contributed by atoms with Gasteiger partial charge in [-0.05, 0) is 19.3 Å². The van der Waals surface area contributed by atoms with E-state index in [1.54, 1.807) is 0 Å². The van der Waals surface area contributed by atoms with Crippen LogP contribution in [0.2, 0.25) is 0 Å². The standard InChI is InChI=1S/C9H18N2O/c1-2-8(5-7-12)11-9-4-3-6-10-9/h8,12H,2-7H2,1H3,(H,10,11). The van der Waals surface area contributed by atoms with Gasteiger partial charge in [0.1, 0.15) is 0 Å². The zero-order valence-corrected chi connectivity index (χ0v) is 7.71. The lowest BCUT2D eigenvalue weighted by Gasteiger charge is -2.16. The van der Waals surface area contributed by atoms with E-state index >= 15 is 0 Å². The molecule has 0 fully saturated rings. The molecule has 12 heavy (non-hydrogen) atoms. The summed E-state index contributed by atoms with van der Waals surface area (Å²) in [5.41, 5.74) is 0. The SMILES string of the molecule is CCC(CCO)NC1=NCCC1. The van der Waals surface area contributed by atoms with E-state index in [4.69, 9.17) is 5.11 Å². The van der Waals surface area contributed by atoms with Crippen molar-refractivity contribution < 1.29 is 5.11 Å². The second kappa shape index (κ2) is 5.14. The molecule has 0 amide bonds.